The molecule has 13 heavy (non-hydrogen) atoms. The summed E-state index contributed by atoms with van der Waals surface area (Å²) in [5.41, 5.74) is 0.532. The average Bonchev–Trinajstić information content (AvgIpc) is 2.53. The molecular weight excluding hydrogens is 162 g/mol. The van der Waals surface area contributed by atoms with Gasteiger partial charge < -0.3 is 5.32 Å². The number of hydrogen-bond donors (Lipinski definition) is 1. The van der Waals surface area contributed by atoms with Crippen LogP contribution in [0, 0.1) is 5.41 Å². The van der Waals surface area contributed by atoms with Gasteiger partial charge in [-0.1, -0.05) is 13.8 Å². The molecule has 1 fully saturated rings. The molecule has 1 saturated carbocycles. The van der Waals surface area contributed by atoms with Crippen LogP contribution >= 0.6 is 0 Å². The summed E-state index contributed by atoms with van der Waals surface area (Å²) in [6.45, 7) is 6.60. The predicted molar refractivity (Wildman–Crippen MR) is 52.4 cm³/mol. The van der Waals surface area contributed by atoms with E-state index in [0.717, 1.165) is 19.1 Å². The standard InChI is InChI=1S/C10H17N3/c1-10(2)8-9(10)11-5-7-13-6-3-4-12-13/h3-4,6,9,11H,5,7-8H2,1-2H3. The minimum atomic E-state index is 0.532. The second kappa shape index (κ2) is 3.14. The number of rotatable bonds is 4. The Labute approximate surface area is 79.1 Å². The maximum atomic E-state index is 4.15. The summed E-state index contributed by atoms with van der Waals surface area (Å²) in [7, 11) is 0. The molecule has 3 heteroatoms. The van der Waals surface area contributed by atoms with Crippen LogP contribution in [0.2, 0.25) is 0 Å². The van der Waals surface area contributed by atoms with E-state index < -0.39 is 0 Å². The highest BCUT2D eigenvalue weighted by Crippen LogP contribution is 2.44. The van der Waals surface area contributed by atoms with Crippen LogP contribution in [0.4, 0.5) is 0 Å². The Hall–Kier alpha value is -0.830. The van der Waals surface area contributed by atoms with Crippen molar-refractivity contribution in [2.75, 3.05) is 6.54 Å². The quantitative estimate of drug-likeness (QED) is 0.754. The minimum Gasteiger partial charge on any atom is -0.312 e. The summed E-state index contributed by atoms with van der Waals surface area (Å²) in [6, 6.07) is 2.68. The number of aromatic nitrogens is 2. The fraction of sp³-hybridized carbons (Fsp3) is 0.700. The zero-order valence-electron chi connectivity index (χ0n) is 8.33. The molecule has 0 aromatic carbocycles. The van der Waals surface area contributed by atoms with Gasteiger partial charge in [-0.25, -0.2) is 0 Å². The monoisotopic (exact) mass is 179 g/mol. The molecule has 1 atom stereocenters. The van der Waals surface area contributed by atoms with Crippen molar-refractivity contribution in [2.24, 2.45) is 5.41 Å². The van der Waals surface area contributed by atoms with E-state index in [1.54, 1.807) is 0 Å². The van der Waals surface area contributed by atoms with Gasteiger partial charge in [0, 0.05) is 25.0 Å². The van der Waals surface area contributed by atoms with Crippen LogP contribution in [0.1, 0.15) is 20.3 Å². The van der Waals surface area contributed by atoms with Crippen LogP contribution in [0.5, 0.6) is 0 Å². The highest BCUT2D eigenvalue weighted by atomic mass is 15.3. The molecule has 2 rings (SSSR count). The third-order valence-corrected chi connectivity index (χ3v) is 2.80. The lowest BCUT2D eigenvalue weighted by Gasteiger charge is -2.06. The second-order valence-electron chi connectivity index (χ2n) is 4.47. The molecule has 1 aromatic rings. The van der Waals surface area contributed by atoms with Gasteiger partial charge in [-0.3, -0.25) is 4.68 Å². The van der Waals surface area contributed by atoms with E-state index in [2.05, 4.69) is 24.3 Å². The van der Waals surface area contributed by atoms with Gasteiger partial charge in [0.25, 0.3) is 0 Å². The van der Waals surface area contributed by atoms with Crippen LogP contribution in [0.3, 0.4) is 0 Å². The van der Waals surface area contributed by atoms with Gasteiger partial charge in [-0.15, -0.1) is 0 Å². The molecule has 3 nitrogen and oxygen atoms in total. The molecular formula is C10H17N3. The maximum Gasteiger partial charge on any atom is 0.0534 e. The van der Waals surface area contributed by atoms with E-state index in [1.807, 2.05) is 23.1 Å². The summed E-state index contributed by atoms with van der Waals surface area (Å²) in [4.78, 5) is 0. The zero-order valence-corrected chi connectivity index (χ0v) is 8.33. The molecule has 0 saturated heterocycles. The van der Waals surface area contributed by atoms with Crippen molar-refractivity contribution < 1.29 is 0 Å². The average molecular weight is 179 g/mol. The summed E-state index contributed by atoms with van der Waals surface area (Å²) >= 11 is 0. The van der Waals surface area contributed by atoms with Crippen LogP contribution in [-0.2, 0) is 6.54 Å². The highest BCUT2D eigenvalue weighted by molar-refractivity contribution is 5.01. The first-order valence-corrected chi connectivity index (χ1v) is 4.89. The Morgan fingerprint density at radius 1 is 1.62 bits per heavy atom. The third kappa shape index (κ3) is 2.10. The van der Waals surface area contributed by atoms with Crippen LogP contribution < -0.4 is 5.32 Å². The highest BCUT2D eigenvalue weighted by Gasteiger charge is 2.44. The molecule has 1 aliphatic rings. The molecule has 1 N–H and O–H groups in total. The Kier molecular flexibility index (Phi) is 2.12. The van der Waals surface area contributed by atoms with Gasteiger partial charge in [0.2, 0.25) is 0 Å². The molecule has 1 aromatic heterocycles. The first kappa shape index (κ1) is 8.75. The van der Waals surface area contributed by atoms with Crippen LogP contribution in [0.15, 0.2) is 18.5 Å². The molecule has 1 heterocycles. The number of hydrogen-bond acceptors (Lipinski definition) is 2. The fourth-order valence-corrected chi connectivity index (χ4v) is 1.60. The maximum absolute atomic E-state index is 4.15. The van der Waals surface area contributed by atoms with Gasteiger partial charge >= 0.3 is 0 Å². The summed E-state index contributed by atoms with van der Waals surface area (Å²) in [5.74, 6) is 0. The van der Waals surface area contributed by atoms with E-state index in [-0.39, 0.29) is 0 Å². The molecule has 0 radical (unpaired) electrons. The van der Waals surface area contributed by atoms with Gasteiger partial charge in [0.05, 0.1) is 6.54 Å². The summed E-state index contributed by atoms with van der Waals surface area (Å²) in [6.07, 6.45) is 5.13. The smallest absolute Gasteiger partial charge is 0.0534 e. The van der Waals surface area contributed by atoms with Crippen LogP contribution in [0.25, 0.3) is 0 Å². The molecule has 0 aliphatic heterocycles. The molecule has 72 valence electrons. The molecule has 0 spiro atoms. The van der Waals surface area contributed by atoms with E-state index >= 15 is 0 Å². The Bertz CT molecular complexity index is 264. The lowest BCUT2D eigenvalue weighted by molar-refractivity contribution is 0.502. The first-order chi connectivity index (χ1) is 6.18. The Morgan fingerprint density at radius 3 is 2.92 bits per heavy atom. The number of nitrogens with zero attached hydrogens (tertiary/aromatic N) is 2. The largest absolute Gasteiger partial charge is 0.312 e. The molecule has 0 amide bonds. The number of nitrogens with one attached hydrogen (secondary N) is 1. The van der Waals surface area contributed by atoms with E-state index in [0.29, 0.717) is 5.41 Å². The summed E-state index contributed by atoms with van der Waals surface area (Å²) < 4.78 is 1.96. The Morgan fingerprint density at radius 2 is 2.38 bits per heavy atom. The van der Waals surface area contributed by atoms with Crippen molar-refractivity contribution >= 4 is 0 Å². The zero-order chi connectivity index (χ0) is 9.31. The third-order valence-electron chi connectivity index (χ3n) is 2.80. The van der Waals surface area contributed by atoms with E-state index in [1.165, 1.54) is 6.42 Å². The second-order valence-corrected chi connectivity index (χ2v) is 4.47. The van der Waals surface area contributed by atoms with Gasteiger partial charge in [0.15, 0.2) is 0 Å². The first-order valence-electron chi connectivity index (χ1n) is 4.89. The summed E-state index contributed by atoms with van der Waals surface area (Å²) in [5, 5.41) is 7.67. The normalized spacial score (nSPS) is 24.6. The lowest BCUT2D eigenvalue weighted by atomic mass is 10.2. The van der Waals surface area contributed by atoms with Gasteiger partial charge in [-0.2, -0.15) is 5.10 Å². The van der Waals surface area contributed by atoms with Crippen molar-refractivity contribution in [3.05, 3.63) is 18.5 Å². The van der Waals surface area contributed by atoms with Crippen molar-refractivity contribution in [2.45, 2.75) is 32.9 Å². The van der Waals surface area contributed by atoms with Crippen molar-refractivity contribution in [1.82, 2.24) is 15.1 Å². The van der Waals surface area contributed by atoms with Crippen molar-refractivity contribution in [3.63, 3.8) is 0 Å². The minimum absolute atomic E-state index is 0.532. The SMILES string of the molecule is CC1(C)CC1NCCn1cccn1. The fourth-order valence-electron chi connectivity index (χ4n) is 1.60. The lowest BCUT2D eigenvalue weighted by Crippen LogP contribution is -2.25. The van der Waals surface area contributed by atoms with E-state index in [9.17, 15) is 0 Å². The van der Waals surface area contributed by atoms with Gasteiger partial charge in [-0.05, 0) is 17.9 Å². The molecule has 1 aliphatic carbocycles. The van der Waals surface area contributed by atoms with E-state index in [4.69, 9.17) is 0 Å². The van der Waals surface area contributed by atoms with Crippen molar-refractivity contribution in [1.29, 1.82) is 0 Å². The predicted octanol–water partition coefficient (Wildman–Crippen LogP) is 1.27. The molecule has 1 unspecified atom stereocenters. The van der Waals surface area contributed by atoms with Crippen molar-refractivity contribution in [3.8, 4) is 0 Å². The topological polar surface area (TPSA) is 29.9 Å². The molecule has 0 bridgehead atoms. The Balaban J connectivity index is 1.66. The van der Waals surface area contributed by atoms with Gasteiger partial charge in [0.1, 0.15) is 0 Å². The van der Waals surface area contributed by atoms with Crippen LogP contribution in [-0.4, -0.2) is 22.4 Å².